The van der Waals surface area contributed by atoms with Crippen LogP contribution in [-0.4, -0.2) is 56.7 Å². The summed E-state index contributed by atoms with van der Waals surface area (Å²) in [6.07, 6.45) is 5.16. The maximum Gasteiger partial charge on any atom is 0.258 e. The lowest BCUT2D eigenvalue weighted by atomic mass is 10.1. The summed E-state index contributed by atoms with van der Waals surface area (Å²) in [5.74, 6) is 2.56. The molecule has 0 aromatic heterocycles. The Morgan fingerprint density at radius 1 is 1.23 bits per heavy atom. The average Bonchev–Trinajstić information content (AvgIpc) is 3.43. The van der Waals surface area contributed by atoms with Crippen molar-refractivity contribution in [2.24, 2.45) is 4.99 Å². The van der Waals surface area contributed by atoms with E-state index in [1.54, 1.807) is 18.8 Å². The summed E-state index contributed by atoms with van der Waals surface area (Å²) < 4.78 is 5.51. The lowest BCUT2D eigenvalue weighted by Gasteiger charge is -2.11. The Labute approximate surface area is 177 Å². The molecule has 6 nitrogen and oxygen atoms in total. The number of carbonyl (C=O) groups is 1. The van der Waals surface area contributed by atoms with E-state index in [0.29, 0.717) is 6.04 Å². The van der Waals surface area contributed by atoms with Crippen molar-refractivity contribution in [2.75, 3.05) is 38.8 Å². The Morgan fingerprint density at radius 2 is 1.92 bits per heavy atom. The number of carbonyl (C=O) groups excluding carboxylic acids is 1. The number of amides is 1. The van der Waals surface area contributed by atoms with Gasteiger partial charge in [0, 0.05) is 31.9 Å². The molecular weight excluding hydrogens is 463 g/mol. The zero-order chi connectivity index (χ0) is 17.9. The van der Waals surface area contributed by atoms with E-state index in [4.69, 9.17) is 4.74 Å². The molecule has 8 heteroatoms. The fourth-order valence-electron chi connectivity index (χ4n) is 2.22. The summed E-state index contributed by atoms with van der Waals surface area (Å²) in [6.45, 7) is 1.79. The molecule has 0 unspecified atom stereocenters. The van der Waals surface area contributed by atoms with Gasteiger partial charge in [-0.15, -0.1) is 24.0 Å². The van der Waals surface area contributed by atoms with E-state index in [1.807, 2.05) is 24.3 Å². The van der Waals surface area contributed by atoms with Crippen molar-refractivity contribution < 1.29 is 9.53 Å². The molecule has 0 atom stereocenters. The van der Waals surface area contributed by atoms with E-state index in [9.17, 15) is 4.79 Å². The van der Waals surface area contributed by atoms with Crippen molar-refractivity contribution in [3.8, 4) is 5.75 Å². The number of nitrogens with zero attached hydrogens (tertiary/aromatic N) is 1. The van der Waals surface area contributed by atoms with Crippen LogP contribution in [0.5, 0.6) is 5.75 Å². The molecule has 0 bridgehead atoms. The Bertz CT molecular complexity index is 565. The van der Waals surface area contributed by atoms with Gasteiger partial charge < -0.3 is 20.7 Å². The van der Waals surface area contributed by atoms with E-state index in [0.717, 1.165) is 49.8 Å². The number of guanidine groups is 1. The second kappa shape index (κ2) is 13.1. The number of aliphatic imine (C=N–C) groups is 1. The first-order chi connectivity index (χ1) is 12.2. The Hall–Kier alpha value is -1.16. The van der Waals surface area contributed by atoms with Gasteiger partial charge in [-0.1, -0.05) is 12.1 Å². The number of nitrogens with one attached hydrogen (secondary N) is 3. The van der Waals surface area contributed by atoms with E-state index in [-0.39, 0.29) is 36.5 Å². The van der Waals surface area contributed by atoms with Crippen LogP contribution >= 0.6 is 35.7 Å². The van der Waals surface area contributed by atoms with Crippen LogP contribution in [0.3, 0.4) is 0 Å². The van der Waals surface area contributed by atoms with E-state index in [1.165, 1.54) is 5.56 Å². The molecule has 0 heterocycles. The van der Waals surface area contributed by atoms with Gasteiger partial charge in [0.15, 0.2) is 12.6 Å². The SMILES string of the molecule is CN=C(NCCSC)NCCc1ccc(OCC(=O)NC2CC2)cc1.I. The van der Waals surface area contributed by atoms with Crippen LogP contribution in [0.1, 0.15) is 18.4 Å². The third kappa shape index (κ3) is 9.51. The van der Waals surface area contributed by atoms with Crippen molar-refractivity contribution in [2.45, 2.75) is 25.3 Å². The van der Waals surface area contributed by atoms with Crippen LogP contribution in [0.2, 0.25) is 0 Å². The molecule has 0 saturated heterocycles. The van der Waals surface area contributed by atoms with Crippen LogP contribution in [0.25, 0.3) is 0 Å². The fourth-order valence-corrected chi connectivity index (χ4v) is 2.52. The standard InChI is InChI=1S/C18H28N4O2S.HI/c1-19-18(21-11-12-25-2)20-10-9-14-3-7-16(8-4-14)24-13-17(23)22-15-5-6-15;/h3-4,7-8,15H,5-6,9-13H2,1-2H3,(H,22,23)(H2,19,20,21);1H. The summed E-state index contributed by atoms with van der Waals surface area (Å²) >= 11 is 1.81. The zero-order valence-electron chi connectivity index (χ0n) is 15.4. The number of thioether (sulfide) groups is 1. The highest BCUT2D eigenvalue weighted by Gasteiger charge is 2.23. The van der Waals surface area contributed by atoms with Crippen LogP contribution in [0, 0.1) is 0 Å². The molecule has 0 spiro atoms. The van der Waals surface area contributed by atoms with Crippen molar-refractivity contribution in [1.82, 2.24) is 16.0 Å². The molecule has 1 amide bonds. The second-order valence-electron chi connectivity index (χ2n) is 5.94. The quantitative estimate of drug-likeness (QED) is 0.202. The minimum atomic E-state index is -0.0452. The first-order valence-corrected chi connectivity index (χ1v) is 10.0. The molecule has 1 aromatic rings. The smallest absolute Gasteiger partial charge is 0.258 e. The third-order valence-corrected chi connectivity index (χ3v) is 4.38. The summed E-state index contributed by atoms with van der Waals surface area (Å²) in [6, 6.07) is 8.24. The van der Waals surface area contributed by atoms with Gasteiger partial charge in [-0.25, -0.2) is 0 Å². The molecule has 3 N–H and O–H groups in total. The van der Waals surface area contributed by atoms with Crippen LogP contribution < -0.4 is 20.7 Å². The summed E-state index contributed by atoms with van der Waals surface area (Å²) in [5, 5.41) is 9.48. The summed E-state index contributed by atoms with van der Waals surface area (Å²) in [4.78, 5) is 15.8. The lowest BCUT2D eigenvalue weighted by molar-refractivity contribution is -0.123. The molecule has 146 valence electrons. The van der Waals surface area contributed by atoms with Crippen molar-refractivity contribution >= 4 is 47.6 Å². The number of halogens is 1. The molecule has 1 aromatic carbocycles. The van der Waals surface area contributed by atoms with Gasteiger partial charge in [0.1, 0.15) is 5.75 Å². The maximum atomic E-state index is 11.6. The van der Waals surface area contributed by atoms with Gasteiger partial charge in [0.05, 0.1) is 0 Å². The van der Waals surface area contributed by atoms with Gasteiger partial charge in [-0.3, -0.25) is 9.79 Å². The highest BCUT2D eigenvalue weighted by Crippen LogP contribution is 2.18. The highest BCUT2D eigenvalue weighted by atomic mass is 127. The highest BCUT2D eigenvalue weighted by molar-refractivity contribution is 14.0. The minimum absolute atomic E-state index is 0. The number of ether oxygens (including phenoxy) is 1. The van der Waals surface area contributed by atoms with Crippen LogP contribution in [0.15, 0.2) is 29.3 Å². The molecule has 1 aliphatic rings. The van der Waals surface area contributed by atoms with Gasteiger partial charge in [-0.05, 0) is 43.2 Å². The van der Waals surface area contributed by atoms with E-state index < -0.39 is 0 Å². The number of hydrogen-bond acceptors (Lipinski definition) is 4. The van der Waals surface area contributed by atoms with Crippen LogP contribution in [-0.2, 0) is 11.2 Å². The minimum Gasteiger partial charge on any atom is -0.484 e. The zero-order valence-corrected chi connectivity index (χ0v) is 18.6. The molecule has 0 radical (unpaired) electrons. The number of rotatable bonds is 10. The topological polar surface area (TPSA) is 74.8 Å². The molecule has 2 rings (SSSR count). The summed E-state index contributed by atoms with van der Waals surface area (Å²) in [5.41, 5.74) is 1.21. The normalized spacial score (nSPS) is 13.5. The van der Waals surface area contributed by atoms with Crippen molar-refractivity contribution in [1.29, 1.82) is 0 Å². The Kier molecular flexibility index (Phi) is 11.5. The number of benzene rings is 1. The second-order valence-corrected chi connectivity index (χ2v) is 6.93. The van der Waals surface area contributed by atoms with Crippen molar-refractivity contribution in [3.63, 3.8) is 0 Å². The third-order valence-electron chi connectivity index (χ3n) is 3.76. The predicted octanol–water partition coefficient (Wildman–Crippen LogP) is 2.03. The predicted molar refractivity (Wildman–Crippen MR) is 120 cm³/mol. The van der Waals surface area contributed by atoms with Gasteiger partial charge >= 0.3 is 0 Å². The van der Waals surface area contributed by atoms with Gasteiger partial charge in [0.25, 0.3) is 5.91 Å². The molecule has 1 fully saturated rings. The Balaban J connectivity index is 0.00000338. The largest absolute Gasteiger partial charge is 0.484 e. The molecule has 26 heavy (non-hydrogen) atoms. The van der Waals surface area contributed by atoms with E-state index >= 15 is 0 Å². The maximum absolute atomic E-state index is 11.6. The Morgan fingerprint density at radius 3 is 2.54 bits per heavy atom. The van der Waals surface area contributed by atoms with Crippen molar-refractivity contribution in [3.05, 3.63) is 29.8 Å². The summed E-state index contributed by atoms with van der Waals surface area (Å²) in [7, 11) is 1.78. The number of hydrogen-bond donors (Lipinski definition) is 3. The average molecular weight is 492 g/mol. The lowest BCUT2D eigenvalue weighted by Crippen LogP contribution is -2.39. The molecule has 1 saturated carbocycles. The monoisotopic (exact) mass is 492 g/mol. The van der Waals surface area contributed by atoms with Gasteiger partial charge in [0.2, 0.25) is 0 Å². The van der Waals surface area contributed by atoms with E-state index in [2.05, 4.69) is 27.2 Å². The molecular formula is C18H29IN4O2S. The van der Waals surface area contributed by atoms with Gasteiger partial charge in [-0.2, -0.15) is 11.8 Å². The first-order valence-electron chi connectivity index (χ1n) is 8.66. The first kappa shape index (κ1) is 22.9. The fraction of sp³-hybridized carbons (Fsp3) is 0.556. The van der Waals surface area contributed by atoms with Crippen LogP contribution in [0.4, 0.5) is 0 Å². The molecule has 0 aliphatic heterocycles. The molecule has 1 aliphatic carbocycles.